The second kappa shape index (κ2) is 7.79. The first-order chi connectivity index (χ1) is 13.7. The second-order valence-corrected chi connectivity index (χ2v) is 6.39. The van der Waals surface area contributed by atoms with E-state index in [0.29, 0.717) is 18.8 Å². The number of aromatic nitrogens is 4. The summed E-state index contributed by atoms with van der Waals surface area (Å²) in [5.74, 6) is -0.345. The summed E-state index contributed by atoms with van der Waals surface area (Å²) in [6.07, 6.45) is 3.62. The zero-order chi connectivity index (χ0) is 19.3. The van der Waals surface area contributed by atoms with Crippen molar-refractivity contribution in [3.05, 3.63) is 106 Å². The van der Waals surface area contributed by atoms with Crippen LogP contribution in [0.1, 0.15) is 21.6 Å². The Morgan fingerprint density at radius 2 is 1.71 bits per heavy atom. The van der Waals surface area contributed by atoms with Gasteiger partial charge in [-0.15, -0.1) is 0 Å². The van der Waals surface area contributed by atoms with Crippen LogP contribution in [-0.4, -0.2) is 25.5 Å². The standard InChI is InChI=1S/C21H19N5O2/c27-20-11-19(24-26(20)18-9-5-2-6-10-18)21(28)22-12-17-13-23-25(15-17)14-16-7-3-1-4-8-16/h1-11,13,15,24H,12,14H2,(H,22,28). The number of H-pyrrole nitrogens is 1. The molecule has 2 heterocycles. The molecule has 140 valence electrons. The molecule has 0 aliphatic rings. The van der Waals surface area contributed by atoms with Gasteiger partial charge in [0.1, 0.15) is 5.69 Å². The largest absolute Gasteiger partial charge is 0.347 e. The van der Waals surface area contributed by atoms with Crippen LogP contribution in [0.5, 0.6) is 0 Å². The van der Waals surface area contributed by atoms with Crippen LogP contribution in [0.3, 0.4) is 0 Å². The Morgan fingerprint density at radius 3 is 2.46 bits per heavy atom. The minimum atomic E-state index is -0.345. The lowest BCUT2D eigenvalue weighted by molar-refractivity contribution is 0.0945. The molecule has 0 spiro atoms. The van der Waals surface area contributed by atoms with Crippen molar-refractivity contribution in [1.29, 1.82) is 0 Å². The quantitative estimate of drug-likeness (QED) is 0.544. The van der Waals surface area contributed by atoms with Crippen LogP contribution < -0.4 is 10.9 Å². The molecule has 0 aliphatic heterocycles. The number of hydrogen-bond donors (Lipinski definition) is 2. The number of hydrogen-bond acceptors (Lipinski definition) is 3. The highest BCUT2D eigenvalue weighted by Gasteiger charge is 2.12. The molecule has 2 N–H and O–H groups in total. The monoisotopic (exact) mass is 373 g/mol. The molecule has 0 aliphatic carbocycles. The van der Waals surface area contributed by atoms with Crippen LogP contribution in [0, 0.1) is 0 Å². The predicted molar refractivity (Wildman–Crippen MR) is 105 cm³/mol. The van der Waals surface area contributed by atoms with E-state index in [1.807, 2.05) is 59.4 Å². The molecule has 1 amide bonds. The third-order valence-electron chi connectivity index (χ3n) is 4.31. The Kier molecular flexibility index (Phi) is 4.88. The summed E-state index contributed by atoms with van der Waals surface area (Å²) in [7, 11) is 0. The molecule has 2 aromatic heterocycles. The molecule has 4 rings (SSSR count). The van der Waals surface area contributed by atoms with Gasteiger partial charge in [0, 0.05) is 24.4 Å². The number of carbonyl (C=O) groups excluding carboxylic acids is 1. The number of carbonyl (C=O) groups is 1. The molecule has 28 heavy (non-hydrogen) atoms. The minimum absolute atomic E-state index is 0.213. The Balaban J connectivity index is 1.39. The highest BCUT2D eigenvalue weighted by atomic mass is 16.2. The predicted octanol–water partition coefficient (Wildman–Crippen LogP) is 2.34. The molecular weight excluding hydrogens is 354 g/mol. The van der Waals surface area contributed by atoms with E-state index in [-0.39, 0.29) is 17.2 Å². The molecule has 4 aromatic rings. The van der Waals surface area contributed by atoms with Crippen molar-refractivity contribution in [2.75, 3.05) is 0 Å². The molecule has 0 bridgehead atoms. The van der Waals surface area contributed by atoms with Gasteiger partial charge in [-0.05, 0) is 17.7 Å². The SMILES string of the molecule is O=C(NCc1cnn(Cc2ccccc2)c1)c1cc(=O)n(-c2ccccc2)[nH]1. The van der Waals surface area contributed by atoms with Gasteiger partial charge in [0.2, 0.25) is 0 Å². The van der Waals surface area contributed by atoms with Crippen LogP contribution in [0.4, 0.5) is 0 Å². The van der Waals surface area contributed by atoms with Crippen LogP contribution in [0.15, 0.2) is 83.9 Å². The number of nitrogens with one attached hydrogen (secondary N) is 2. The summed E-state index contributed by atoms with van der Waals surface area (Å²) in [6, 6.07) is 20.4. The maximum Gasteiger partial charge on any atom is 0.271 e. The molecule has 2 aromatic carbocycles. The van der Waals surface area contributed by atoms with Gasteiger partial charge in [-0.25, -0.2) is 4.68 Å². The topological polar surface area (TPSA) is 84.7 Å². The van der Waals surface area contributed by atoms with Crippen molar-refractivity contribution < 1.29 is 4.79 Å². The number of benzene rings is 2. The fourth-order valence-electron chi connectivity index (χ4n) is 2.91. The summed E-state index contributed by atoms with van der Waals surface area (Å²) >= 11 is 0. The summed E-state index contributed by atoms with van der Waals surface area (Å²) < 4.78 is 3.16. The fourth-order valence-corrected chi connectivity index (χ4v) is 2.91. The van der Waals surface area contributed by atoms with Gasteiger partial charge in [0.25, 0.3) is 11.5 Å². The molecule has 0 unspecified atom stereocenters. The Bertz CT molecular complexity index is 1130. The molecule has 0 fully saturated rings. The van der Waals surface area contributed by atoms with Gasteiger partial charge < -0.3 is 5.32 Å². The molecule has 0 radical (unpaired) electrons. The zero-order valence-corrected chi connectivity index (χ0v) is 15.1. The van der Waals surface area contributed by atoms with Gasteiger partial charge in [-0.1, -0.05) is 48.5 Å². The lowest BCUT2D eigenvalue weighted by atomic mass is 10.2. The average molecular weight is 373 g/mol. The Hall–Kier alpha value is -3.87. The van der Waals surface area contributed by atoms with E-state index in [4.69, 9.17) is 0 Å². The smallest absolute Gasteiger partial charge is 0.271 e. The molecule has 7 nitrogen and oxygen atoms in total. The van der Waals surface area contributed by atoms with Crippen LogP contribution in [-0.2, 0) is 13.1 Å². The summed E-state index contributed by atoms with van der Waals surface area (Å²) in [6.45, 7) is 0.994. The molecule has 0 saturated heterocycles. The van der Waals surface area contributed by atoms with Crippen molar-refractivity contribution in [3.63, 3.8) is 0 Å². The third kappa shape index (κ3) is 3.93. The first-order valence-corrected chi connectivity index (χ1v) is 8.90. The van der Waals surface area contributed by atoms with E-state index >= 15 is 0 Å². The summed E-state index contributed by atoms with van der Waals surface area (Å²) in [4.78, 5) is 24.5. The van der Waals surface area contributed by atoms with Crippen LogP contribution in [0.2, 0.25) is 0 Å². The zero-order valence-electron chi connectivity index (χ0n) is 15.1. The number of aromatic amines is 1. The van der Waals surface area contributed by atoms with Gasteiger partial charge in [0.15, 0.2) is 0 Å². The number of nitrogens with zero attached hydrogens (tertiary/aromatic N) is 3. The first-order valence-electron chi connectivity index (χ1n) is 8.90. The van der Waals surface area contributed by atoms with Gasteiger partial charge in [-0.3, -0.25) is 19.4 Å². The van der Waals surface area contributed by atoms with E-state index in [1.165, 1.54) is 10.7 Å². The summed E-state index contributed by atoms with van der Waals surface area (Å²) in [5.41, 5.74) is 2.64. The number of amides is 1. The van der Waals surface area contributed by atoms with E-state index in [0.717, 1.165) is 11.1 Å². The number of rotatable bonds is 6. The van der Waals surface area contributed by atoms with Gasteiger partial charge >= 0.3 is 0 Å². The fraction of sp³-hybridized carbons (Fsp3) is 0.0952. The molecule has 0 saturated carbocycles. The lowest BCUT2D eigenvalue weighted by Crippen LogP contribution is -2.23. The molecule has 0 atom stereocenters. The Labute approximate surface area is 161 Å². The summed E-state index contributed by atoms with van der Waals surface area (Å²) in [5, 5.41) is 9.98. The highest BCUT2D eigenvalue weighted by molar-refractivity contribution is 5.92. The maximum absolute atomic E-state index is 12.4. The van der Waals surface area contributed by atoms with Gasteiger partial charge in [0.05, 0.1) is 18.4 Å². The van der Waals surface area contributed by atoms with E-state index in [9.17, 15) is 9.59 Å². The molecular formula is C21H19N5O2. The average Bonchev–Trinajstić information content (AvgIpc) is 3.34. The van der Waals surface area contributed by atoms with E-state index in [1.54, 1.807) is 18.3 Å². The van der Waals surface area contributed by atoms with Crippen molar-refractivity contribution >= 4 is 5.91 Å². The van der Waals surface area contributed by atoms with Crippen molar-refractivity contribution in [2.45, 2.75) is 13.1 Å². The van der Waals surface area contributed by atoms with E-state index < -0.39 is 0 Å². The number of para-hydroxylation sites is 1. The highest BCUT2D eigenvalue weighted by Crippen LogP contribution is 2.05. The lowest BCUT2D eigenvalue weighted by Gasteiger charge is -2.03. The third-order valence-corrected chi connectivity index (χ3v) is 4.31. The second-order valence-electron chi connectivity index (χ2n) is 6.39. The van der Waals surface area contributed by atoms with Crippen molar-refractivity contribution in [3.8, 4) is 5.69 Å². The van der Waals surface area contributed by atoms with Crippen molar-refractivity contribution in [1.82, 2.24) is 24.9 Å². The normalized spacial score (nSPS) is 10.7. The maximum atomic E-state index is 12.4. The van der Waals surface area contributed by atoms with E-state index in [2.05, 4.69) is 15.5 Å². The Morgan fingerprint density at radius 1 is 1.00 bits per heavy atom. The van der Waals surface area contributed by atoms with Crippen molar-refractivity contribution in [2.24, 2.45) is 0 Å². The first kappa shape index (κ1) is 17.5. The molecule has 7 heteroatoms. The van der Waals surface area contributed by atoms with Crippen LogP contribution in [0.25, 0.3) is 5.69 Å². The van der Waals surface area contributed by atoms with Crippen LogP contribution >= 0.6 is 0 Å². The van der Waals surface area contributed by atoms with Gasteiger partial charge in [-0.2, -0.15) is 5.10 Å². The minimum Gasteiger partial charge on any atom is -0.347 e.